The third-order valence-electron chi connectivity index (χ3n) is 11.8. The molecule has 0 aliphatic heterocycles. The van der Waals surface area contributed by atoms with Crippen LogP contribution in [0.4, 0.5) is 17.1 Å². The maximum Gasteiger partial charge on any atom is 0.0547 e. The lowest BCUT2D eigenvalue weighted by Gasteiger charge is -2.28. The molecule has 0 fully saturated rings. The predicted molar refractivity (Wildman–Crippen MR) is 255 cm³/mol. The minimum atomic E-state index is 1.09. The summed E-state index contributed by atoms with van der Waals surface area (Å²) in [5, 5.41) is 4.92. The summed E-state index contributed by atoms with van der Waals surface area (Å²) in [4.78, 5) is 2.43. The van der Waals surface area contributed by atoms with E-state index in [9.17, 15) is 0 Å². The van der Waals surface area contributed by atoms with E-state index in [4.69, 9.17) is 0 Å². The van der Waals surface area contributed by atoms with Crippen LogP contribution in [0.15, 0.2) is 243 Å². The van der Waals surface area contributed by atoms with Gasteiger partial charge in [-0.1, -0.05) is 188 Å². The number of hydrogen-bond donors (Lipinski definition) is 0. The van der Waals surface area contributed by atoms with Gasteiger partial charge in [0.1, 0.15) is 0 Å². The third-order valence-corrected chi connectivity index (χ3v) is 11.8. The van der Waals surface area contributed by atoms with Crippen molar-refractivity contribution in [2.24, 2.45) is 0 Å². The van der Waals surface area contributed by atoms with Crippen molar-refractivity contribution in [3.8, 4) is 50.2 Å². The van der Waals surface area contributed by atoms with Gasteiger partial charge in [-0.05, 0) is 98.8 Å². The van der Waals surface area contributed by atoms with Crippen molar-refractivity contribution in [2.45, 2.75) is 0 Å². The van der Waals surface area contributed by atoms with E-state index in [2.05, 4.69) is 252 Å². The second-order valence-electron chi connectivity index (χ2n) is 15.3. The molecular formula is C58H40N2. The number of anilines is 3. The molecule has 60 heavy (non-hydrogen) atoms. The first-order chi connectivity index (χ1) is 29.8. The number of aromatic nitrogens is 1. The van der Waals surface area contributed by atoms with Gasteiger partial charge in [-0.2, -0.15) is 0 Å². The summed E-state index contributed by atoms with van der Waals surface area (Å²) in [6.07, 6.45) is 0. The summed E-state index contributed by atoms with van der Waals surface area (Å²) in [6, 6.07) is 87.9. The Kier molecular flexibility index (Phi) is 8.87. The average molecular weight is 765 g/mol. The van der Waals surface area contributed by atoms with Gasteiger partial charge >= 0.3 is 0 Å². The summed E-state index contributed by atoms with van der Waals surface area (Å²) in [6.45, 7) is 0. The number of fused-ring (bicyclic) bond motifs is 4. The van der Waals surface area contributed by atoms with Crippen molar-refractivity contribution < 1.29 is 0 Å². The van der Waals surface area contributed by atoms with Gasteiger partial charge in [-0.3, -0.25) is 0 Å². The van der Waals surface area contributed by atoms with Crippen molar-refractivity contribution in [1.82, 2.24) is 4.57 Å². The average Bonchev–Trinajstić information content (AvgIpc) is 3.67. The first-order valence-electron chi connectivity index (χ1n) is 20.6. The van der Waals surface area contributed by atoms with Gasteiger partial charge in [0, 0.05) is 33.3 Å². The van der Waals surface area contributed by atoms with Crippen molar-refractivity contribution in [3.05, 3.63) is 243 Å². The molecule has 0 aliphatic rings. The van der Waals surface area contributed by atoms with Crippen molar-refractivity contribution in [1.29, 1.82) is 0 Å². The normalized spacial score (nSPS) is 11.3. The Bertz CT molecular complexity index is 3310. The fraction of sp³-hybridized carbons (Fsp3) is 0. The highest BCUT2D eigenvalue weighted by molar-refractivity contribution is 6.17. The molecule has 0 N–H and O–H groups in total. The molecule has 0 saturated heterocycles. The Morgan fingerprint density at radius 1 is 0.300 bits per heavy atom. The Morgan fingerprint density at radius 3 is 1.70 bits per heavy atom. The molecule has 282 valence electrons. The molecular weight excluding hydrogens is 725 g/mol. The Balaban J connectivity index is 1.12. The van der Waals surface area contributed by atoms with Gasteiger partial charge in [0.05, 0.1) is 22.4 Å². The molecule has 10 aromatic carbocycles. The topological polar surface area (TPSA) is 8.17 Å². The van der Waals surface area contributed by atoms with Crippen LogP contribution in [0.1, 0.15) is 0 Å². The maximum atomic E-state index is 2.45. The van der Waals surface area contributed by atoms with Crippen LogP contribution in [0.25, 0.3) is 82.8 Å². The molecule has 0 spiro atoms. The van der Waals surface area contributed by atoms with Gasteiger partial charge in [-0.25, -0.2) is 0 Å². The first kappa shape index (κ1) is 35.2. The van der Waals surface area contributed by atoms with Crippen LogP contribution in [-0.4, -0.2) is 4.57 Å². The van der Waals surface area contributed by atoms with E-state index in [1.165, 1.54) is 71.5 Å². The fourth-order valence-corrected chi connectivity index (χ4v) is 8.98. The van der Waals surface area contributed by atoms with Crippen LogP contribution in [0.5, 0.6) is 0 Å². The summed E-state index contributed by atoms with van der Waals surface area (Å²) in [7, 11) is 0. The van der Waals surface area contributed by atoms with Crippen LogP contribution in [0.2, 0.25) is 0 Å². The van der Waals surface area contributed by atoms with E-state index in [0.29, 0.717) is 0 Å². The SMILES string of the molecule is c1ccc(-c2ccc(N(c3cccc(-c4ccc5ccccc5c4)c3)c3ccccc3-c3cccc4c3c3ccccc3n4-c3ccccc3-c3ccccc3)cc2)cc1. The minimum absolute atomic E-state index is 1.09. The van der Waals surface area contributed by atoms with Gasteiger partial charge < -0.3 is 9.47 Å². The Hall–Kier alpha value is -7.94. The van der Waals surface area contributed by atoms with Gasteiger partial charge in [-0.15, -0.1) is 0 Å². The maximum absolute atomic E-state index is 2.45. The number of benzene rings is 10. The molecule has 11 aromatic rings. The molecule has 1 aromatic heterocycles. The Labute approximate surface area is 350 Å². The summed E-state index contributed by atoms with van der Waals surface area (Å²) in [5.74, 6) is 0. The highest BCUT2D eigenvalue weighted by Crippen LogP contribution is 2.46. The van der Waals surface area contributed by atoms with Gasteiger partial charge in [0.2, 0.25) is 0 Å². The molecule has 11 rings (SSSR count). The summed E-state index contributed by atoms with van der Waals surface area (Å²) < 4.78 is 2.45. The number of para-hydroxylation sites is 3. The van der Waals surface area contributed by atoms with Crippen LogP contribution in [0, 0.1) is 0 Å². The lowest BCUT2D eigenvalue weighted by atomic mass is 9.96. The molecule has 1 heterocycles. The second-order valence-corrected chi connectivity index (χ2v) is 15.3. The number of hydrogen-bond acceptors (Lipinski definition) is 1. The molecule has 0 unspecified atom stereocenters. The van der Waals surface area contributed by atoms with Crippen molar-refractivity contribution in [2.75, 3.05) is 4.90 Å². The Morgan fingerprint density at radius 2 is 0.867 bits per heavy atom. The van der Waals surface area contributed by atoms with Crippen LogP contribution >= 0.6 is 0 Å². The zero-order valence-electron chi connectivity index (χ0n) is 33.0. The third kappa shape index (κ3) is 6.23. The molecule has 0 atom stereocenters. The largest absolute Gasteiger partial charge is 0.310 e. The highest BCUT2D eigenvalue weighted by atomic mass is 15.1. The minimum Gasteiger partial charge on any atom is -0.310 e. The van der Waals surface area contributed by atoms with E-state index in [0.717, 1.165) is 28.3 Å². The van der Waals surface area contributed by atoms with Crippen molar-refractivity contribution >= 4 is 49.6 Å². The lowest BCUT2D eigenvalue weighted by molar-refractivity contribution is 1.18. The first-order valence-corrected chi connectivity index (χ1v) is 20.6. The van der Waals surface area contributed by atoms with Crippen LogP contribution in [0.3, 0.4) is 0 Å². The summed E-state index contributed by atoms with van der Waals surface area (Å²) in [5.41, 5.74) is 16.3. The monoisotopic (exact) mass is 764 g/mol. The van der Waals surface area contributed by atoms with E-state index in [1.807, 2.05) is 0 Å². The molecule has 2 heteroatoms. The van der Waals surface area contributed by atoms with Crippen LogP contribution in [-0.2, 0) is 0 Å². The molecule has 0 radical (unpaired) electrons. The second kappa shape index (κ2) is 15.1. The highest BCUT2D eigenvalue weighted by Gasteiger charge is 2.22. The van der Waals surface area contributed by atoms with Crippen molar-refractivity contribution in [3.63, 3.8) is 0 Å². The fourth-order valence-electron chi connectivity index (χ4n) is 8.98. The van der Waals surface area contributed by atoms with E-state index in [-0.39, 0.29) is 0 Å². The number of nitrogens with zero attached hydrogens (tertiary/aromatic N) is 2. The predicted octanol–water partition coefficient (Wildman–Crippen LogP) is 16.1. The van der Waals surface area contributed by atoms with Gasteiger partial charge in [0.25, 0.3) is 0 Å². The van der Waals surface area contributed by atoms with E-state index < -0.39 is 0 Å². The molecule has 2 nitrogen and oxygen atoms in total. The lowest BCUT2D eigenvalue weighted by Crippen LogP contribution is -2.11. The quantitative estimate of drug-likeness (QED) is 0.150. The van der Waals surface area contributed by atoms with Crippen LogP contribution < -0.4 is 4.90 Å². The molecule has 0 bridgehead atoms. The standard InChI is InChI=1S/C58H40N2/c1-3-17-41(18-4-1)43-35-37-48(38-36-43)59(49-24-15-23-46(40-49)47-34-33-42-19-7-8-22-45(42)39-47)55-30-13-10-26-51(55)52-28-16-32-57-58(52)53-27-11-14-31-56(53)60(57)54-29-12-9-25-50(54)44-20-5-2-6-21-44/h1-40H. The summed E-state index contributed by atoms with van der Waals surface area (Å²) >= 11 is 0. The number of rotatable bonds is 8. The molecule has 0 amide bonds. The zero-order valence-corrected chi connectivity index (χ0v) is 33.0. The smallest absolute Gasteiger partial charge is 0.0547 e. The van der Waals surface area contributed by atoms with Gasteiger partial charge in [0.15, 0.2) is 0 Å². The van der Waals surface area contributed by atoms with E-state index in [1.54, 1.807) is 0 Å². The van der Waals surface area contributed by atoms with E-state index >= 15 is 0 Å². The molecule has 0 saturated carbocycles. The zero-order chi connectivity index (χ0) is 39.8. The molecule has 0 aliphatic carbocycles.